The van der Waals surface area contributed by atoms with Gasteiger partial charge in [-0.2, -0.15) is 0 Å². The summed E-state index contributed by atoms with van der Waals surface area (Å²) in [5.74, 6) is -0.403. The Morgan fingerprint density at radius 2 is 1.95 bits per heavy atom. The Balaban J connectivity index is 0.00000287. The Morgan fingerprint density at radius 3 is 2.54 bits per heavy atom. The van der Waals surface area contributed by atoms with E-state index in [2.05, 4.69) is 20.0 Å². The van der Waals surface area contributed by atoms with Crippen LogP contribution in [0.25, 0.3) is 16.5 Å². The summed E-state index contributed by atoms with van der Waals surface area (Å²) in [5.41, 5.74) is 7.51. The van der Waals surface area contributed by atoms with Crippen molar-refractivity contribution in [2.45, 2.75) is 60.1 Å². The van der Waals surface area contributed by atoms with Gasteiger partial charge in [-0.05, 0) is 58.4 Å². The summed E-state index contributed by atoms with van der Waals surface area (Å²) in [7, 11) is -1.60. The molecule has 0 radical (unpaired) electrons. The summed E-state index contributed by atoms with van der Waals surface area (Å²) in [4.78, 5) is 34.4. The number of rotatable bonds is 9. The lowest BCUT2D eigenvalue weighted by atomic mass is 9.99. The van der Waals surface area contributed by atoms with E-state index in [9.17, 15) is 18.9 Å². The Kier molecular flexibility index (Phi) is 11.8. The summed E-state index contributed by atoms with van der Waals surface area (Å²) >= 11 is 6.02. The van der Waals surface area contributed by atoms with E-state index in [0.29, 0.717) is 33.4 Å². The predicted molar refractivity (Wildman–Crippen MR) is 168 cm³/mol. The van der Waals surface area contributed by atoms with E-state index >= 15 is 0 Å². The molecular formula is C29H38ClN5O5S. The molecular weight excluding hydrogens is 566 g/mol. The molecule has 0 saturated heterocycles. The van der Waals surface area contributed by atoms with Crippen LogP contribution in [0.15, 0.2) is 44.7 Å². The number of aromatic nitrogens is 1. The number of nitrogens with two attached hydrogens (primary N) is 1. The minimum absolute atomic E-state index is 0.0316. The lowest BCUT2D eigenvalue weighted by molar-refractivity contribution is 0.0905. The monoisotopic (exact) mass is 603 g/mol. The number of aliphatic hydroxyl groups is 1. The molecule has 41 heavy (non-hydrogen) atoms. The second-order valence-corrected chi connectivity index (χ2v) is 11.3. The second-order valence-electron chi connectivity index (χ2n) is 9.80. The van der Waals surface area contributed by atoms with Crippen LogP contribution < -0.4 is 21.2 Å². The van der Waals surface area contributed by atoms with Crippen molar-refractivity contribution in [2.24, 2.45) is 10.7 Å². The molecule has 2 heterocycles. The zero-order chi connectivity index (χ0) is 31.1. The number of nitrogens with one attached hydrogen (secondary N) is 2. The van der Waals surface area contributed by atoms with Crippen molar-refractivity contribution in [3.63, 3.8) is 0 Å². The molecule has 12 heteroatoms. The number of anilines is 1. The van der Waals surface area contributed by atoms with Crippen LogP contribution in [0.1, 0.15) is 73.6 Å². The van der Waals surface area contributed by atoms with Gasteiger partial charge in [0.25, 0.3) is 5.91 Å². The maximum Gasteiger partial charge on any atom is 0.283 e. The molecule has 1 aromatic carbocycles. The van der Waals surface area contributed by atoms with E-state index in [1.54, 1.807) is 32.9 Å². The molecule has 0 aliphatic rings. The second kappa shape index (κ2) is 14.4. The van der Waals surface area contributed by atoms with Crippen molar-refractivity contribution in [1.82, 2.24) is 9.71 Å². The van der Waals surface area contributed by atoms with Crippen molar-refractivity contribution in [3.05, 3.63) is 74.0 Å². The molecule has 3 aromatic rings. The summed E-state index contributed by atoms with van der Waals surface area (Å²) in [5, 5.41) is 13.7. The molecule has 10 nitrogen and oxygen atoms in total. The number of hydrogen-bond donors (Lipinski definition) is 4. The Morgan fingerprint density at radius 1 is 1.29 bits per heavy atom. The quantitative estimate of drug-likeness (QED) is 0.200. The molecule has 0 spiro atoms. The highest BCUT2D eigenvalue weighted by Crippen LogP contribution is 2.31. The molecule has 1 amide bonds. The average molecular weight is 604 g/mol. The molecule has 0 aliphatic carbocycles. The van der Waals surface area contributed by atoms with Gasteiger partial charge in [0.15, 0.2) is 11.1 Å². The number of carbonyl (C=O) groups is 1. The minimum atomic E-state index is -1.60. The van der Waals surface area contributed by atoms with Crippen LogP contribution in [0, 0.1) is 13.8 Å². The van der Waals surface area contributed by atoms with Crippen LogP contribution in [-0.4, -0.2) is 44.8 Å². The average Bonchev–Trinajstić information content (AvgIpc) is 2.90. The molecule has 2 atom stereocenters. The number of halogens is 1. The van der Waals surface area contributed by atoms with E-state index in [-0.39, 0.29) is 28.6 Å². The summed E-state index contributed by atoms with van der Waals surface area (Å²) in [6, 6.07) is 6.28. The number of benzene rings is 1. The summed E-state index contributed by atoms with van der Waals surface area (Å²) < 4.78 is 20.2. The Labute approximate surface area is 247 Å². The summed E-state index contributed by atoms with van der Waals surface area (Å²) in [6.07, 6.45) is 4.09. The van der Waals surface area contributed by atoms with E-state index < -0.39 is 28.5 Å². The fourth-order valence-corrected chi connectivity index (χ4v) is 4.43. The Hall–Kier alpha value is -3.54. The molecule has 0 fully saturated rings. The van der Waals surface area contributed by atoms with Crippen LogP contribution in [0.3, 0.4) is 0 Å². The van der Waals surface area contributed by atoms with E-state index in [1.807, 2.05) is 33.8 Å². The standard InChI is InChI=1S/C27H32ClN5O5S.C2H6/c1-14-9-18(16(3)31-20-7-8-21(28)32-22(20)26(35)33-39(6)37)25-19(10-14)23(34)15(2)24(38-25)17(11-29)12-30-13-27(4,5)36;1-2/h7-12,16,31,36H,13,29H2,1-6H3,(H,33,35);1-2H3/b17-11+,30-12?;. The van der Waals surface area contributed by atoms with Crippen LogP contribution in [0.2, 0.25) is 5.15 Å². The van der Waals surface area contributed by atoms with Gasteiger partial charge in [-0.15, -0.1) is 0 Å². The number of pyridine rings is 1. The van der Waals surface area contributed by atoms with E-state index in [0.717, 1.165) is 5.56 Å². The Bertz CT molecular complexity index is 1560. The zero-order valence-electron chi connectivity index (χ0n) is 24.6. The third-order valence-electron chi connectivity index (χ3n) is 5.69. The molecule has 0 bridgehead atoms. The first-order chi connectivity index (χ1) is 19.2. The van der Waals surface area contributed by atoms with Crippen molar-refractivity contribution in [3.8, 4) is 0 Å². The number of aryl methyl sites for hydroxylation is 1. The first kappa shape index (κ1) is 33.7. The van der Waals surface area contributed by atoms with Gasteiger partial charge in [0.1, 0.15) is 27.5 Å². The molecule has 0 aliphatic heterocycles. The molecule has 2 unspecified atom stereocenters. The van der Waals surface area contributed by atoms with Crippen molar-refractivity contribution >= 4 is 56.9 Å². The SMILES string of the molecule is CC.Cc1cc(C(C)Nc2ccc(Cl)nc2C(=O)NS(C)=O)c2oc(/C(C=NCC(C)(C)O)=C/N)c(C)c(=O)c2c1. The van der Waals surface area contributed by atoms with Gasteiger partial charge >= 0.3 is 0 Å². The topological polar surface area (TPSA) is 160 Å². The molecule has 222 valence electrons. The van der Waals surface area contributed by atoms with Crippen molar-refractivity contribution < 1.29 is 18.5 Å². The van der Waals surface area contributed by atoms with Gasteiger partial charge in [0.2, 0.25) is 0 Å². The summed E-state index contributed by atoms with van der Waals surface area (Å²) in [6.45, 7) is 12.8. The van der Waals surface area contributed by atoms with Gasteiger partial charge in [0, 0.05) is 29.8 Å². The van der Waals surface area contributed by atoms with Gasteiger partial charge in [-0.3, -0.25) is 19.3 Å². The number of allylic oxidation sites excluding steroid dienone is 1. The number of carbonyl (C=O) groups excluding carboxylic acids is 1. The third-order valence-corrected chi connectivity index (χ3v) is 6.38. The maximum absolute atomic E-state index is 13.4. The molecule has 5 N–H and O–H groups in total. The van der Waals surface area contributed by atoms with Crippen molar-refractivity contribution in [1.29, 1.82) is 0 Å². The number of amides is 1. The first-order valence-electron chi connectivity index (χ1n) is 13.0. The van der Waals surface area contributed by atoms with Gasteiger partial charge in [-0.25, -0.2) is 9.19 Å². The third kappa shape index (κ3) is 8.72. The highest BCUT2D eigenvalue weighted by atomic mass is 35.5. The normalized spacial score (nSPS) is 13.5. The van der Waals surface area contributed by atoms with Gasteiger partial charge in [0.05, 0.1) is 34.8 Å². The van der Waals surface area contributed by atoms with Crippen LogP contribution >= 0.6 is 11.6 Å². The number of hydrogen-bond acceptors (Lipinski definition) is 9. The van der Waals surface area contributed by atoms with Crippen LogP contribution in [0.5, 0.6) is 0 Å². The van der Waals surface area contributed by atoms with Crippen LogP contribution in [0.4, 0.5) is 5.69 Å². The molecule has 2 aromatic heterocycles. The van der Waals surface area contributed by atoms with Crippen LogP contribution in [-0.2, 0) is 11.0 Å². The molecule has 3 rings (SSSR count). The number of nitrogens with zero attached hydrogens (tertiary/aromatic N) is 2. The zero-order valence-corrected chi connectivity index (χ0v) is 26.2. The van der Waals surface area contributed by atoms with Crippen molar-refractivity contribution in [2.75, 3.05) is 18.1 Å². The smallest absolute Gasteiger partial charge is 0.283 e. The molecule has 0 saturated carbocycles. The fourth-order valence-electron chi connectivity index (χ4n) is 3.92. The van der Waals surface area contributed by atoms with Gasteiger partial charge in [-0.1, -0.05) is 31.5 Å². The number of fused-ring (bicyclic) bond motifs is 1. The maximum atomic E-state index is 13.4. The van der Waals surface area contributed by atoms with E-state index in [4.69, 9.17) is 21.8 Å². The lowest BCUT2D eigenvalue weighted by Gasteiger charge is -2.20. The van der Waals surface area contributed by atoms with E-state index in [1.165, 1.54) is 24.7 Å². The highest BCUT2D eigenvalue weighted by Gasteiger charge is 2.22. The predicted octanol–water partition coefficient (Wildman–Crippen LogP) is 4.82. The van der Waals surface area contributed by atoms with Gasteiger partial charge < -0.3 is 20.6 Å². The largest absolute Gasteiger partial charge is 0.455 e. The lowest BCUT2D eigenvalue weighted by Crippen LogP contribution is -2.27. The minimum Gasteiger partial charge on any atom is -0.455 e. The first-order valence-corrected chi connectivity index (χ1v) is 15.0. The number of aliphatic imine (C=N–C) groups is 1. The highest BCUT2D eigenvalue weighted by molar-refractivity contribution is 7.82. The fraction of sp³-hybridized carbons (Fsp3) is 0.379.